The van der Waals surface area contributed by atoms with Gasteiger partial charge in [0, 0.05) is 6.42 Å². The molecule has 0 saturated heterocycles. The van der Waals surface area contributed by atoms with Crippen molar-refractivity contribution in [3.05, 3.63) is 58.7 Å². The van der Waals surface area contributed by atoms with Crippen LogP contribution in [0.1, 0.15) is 62.8 Å². The highest BCUT2D eigenvalue weighted by atomic mass is 14.4. The van der Waals surface area contributed by atoms with Crippen LogP contribution in [0, 0.1) is 19.3 Å². The van der Waals surface area contributed by atoms with Gasteiger partial charge in [-0.15, -0.1) is 12.3 Å². The average Bonchev–Trinajstić information content (AvgIpc) is 2.52. The first-order chi connectivity index (χ1) is 11.2. The molecule has 0 heterocycles. The van der Waals surface area contributed by atoms with Crippen LogP contribution in [-0.2, 0) is 17.3 Å². The van der Waals surface area contributed by atoms with E-state index in [9.17, 15) is 0 Å². The van der Waals surface area contributed by atoms with Gasteiger partial charge in [-0.3, -0.25) is 0 Å². The number of hydrogen-bond donors (Lipinski definition) is 0. The lowest BCUT2D eigenvalue weighted by Crippen LogP contribution is -2.35. The van der Waals surface area contributed by atoms with Crippen LogP contribution in [0.15, 0.2) is 36.4 Å². The molecule has 0 nitrogen and oxygen atoms in total. The van der Waals surface area contributed by atoms with Crippen LogP contribution in [0.5, 0.6) is 0 Å². The SMILES string of the molecule is C#CCc1cc(-c2ccc(C)cc2)cc2c1C(C)(C)CCC2(C)C. The second-order valence-corrected chi connectivity index (χ2v) is 8.57. The Morgan fingerprint density at radius 1 is 0.917 bits per heavy atom. The van der Waals surface area contributed by atoms with Gasteiger partial charge in [0.15, 0.2) is 0 Å². The quantitative estimate of drug-likeness (QED) is 0.580. The Bertz CT molecular complexity index is 795. The summed E-state index contributed by atoms with van der Waals surface area (Å²) in [6, 6.07) is 13.6. The fraction of sp³-hybridized carbons (Fsp3) is 0.417. The fourth-order valence-electron chi connectivity index (χ4n) is 4.08. The minimum atomic E-state index is 0.197. The number of rotatable bonds is 2. The lowest BCUT2D eigenvalue weighted by Gasteiger charge is -2.43. The summed E-state index contributed by atoms with van der Waals surface area (Å²) < 4.78 is 0. The van der Waals surface area contributed by atoms with Crippen LogP contribution in [-0.4, -0.2) is 0 Å². The fourth-order valence-corrected chi connectivity index (χ4v) is 4.08. The van der Waals surface area contributed by atoms with Gasteiger partial charge in [0.2, 0.25) is 0 Å². The maximum absolute atomic E-state index is 5.71. The summed E-state index contributed by atoms with van der Waals surface area (Å²) in [6.07, 6.45) is 8.86. The lowest BCUT2D eigenvalue weighted by molar-refractivity contribution is 0.330. The van der Waals surface area contributed by atoms with Gasteiger partial charge in [-0.1, -0.05) is 63.6 Å². The summed E-state index contributed by atoms with van der Waals surface area (Å²) in [4.78, 5) is 0. The standard InChI is InChI=1S/C24H28/c1-7-8-19-15-20(18-11-9-17(2)10-12-18)16-21-22(19)24(5,6)14-13-23(21,3)4/h1,9-12,15-16H,8,13-14H2,2-6H3. The van der Waals surface area contributed by atoms with Crippen LogP contribution >= 0.6 is 0 Å². The number of terminal acetylenes is 1. The van der Waals surface area contributed by atoms with Gasteiger partial charge in [0.05, 0.1) is 0 Å². The molecule has 0 heteroatoms. The summed E-state index contributed by atoms with van der Waals surface area (Å²) in [5, 5.41) is 0. The zero-order valence-electron chi connectivity index (χ0n) is 15.7. The van der Waals surface area contributed by atoms with Crippen molar-refractivity contribution in [1.82, 2.24) is 0 Å². The third-order valence-electron chi connectivity index (χ3n) is 5.68. The van der Waals surface area contributed by atoms with Crippen molar-refractivity contribution in [3.8, 4) is 23.5 Å². The summed E-state index contributed by atoms with van der Waals surface area (Å²) >= 11 is 0. The van der Waals surface area contributed by atoms with E-state index in [0.717, 1.165) is 0 Å². The maximum atomic E-state index is 5.71. The Hall–Kier alpha value is -2.00. The van der Waals surface area contributed by atoms with Crippen molar-refractivity contribution in [1.29, 1.82) is 0 Å². The molecule has 0 N–H and O–H groups in total. The van der Waals surface area contributed by atoms with Crippen LogP contribution in [0.3, 0.4) is 0 Å². The second kappa shape index (κ2) is 5.82. The zero-order valence-corrected chi connectivity index (χ0v) is 15.7. The summed E-state index contributed by atoms with van der Waals surface area (Å²) in [7, 11) is 0. The summed E-state index contributed by atoms with van der Waals surface area (Å²) in [5.74, 6) is 2.89. The predicted molar refractivity (Wildman–Crippen MR) is 104 cm³/mol. The molecule has 1 aliphatic rings. The molecule has 2 aromatic rings. The van der Waals surface area contributed by atoms with Crippen molar-refractivity contribution >= 4 is 0 Å². The van der Waals surface area contributed by atoms with Gasteiger partial charge in [-0.05, 0) is 64.5 Å². The number of fused-ring (bicyclic) bond motifs is 1. The molecule has 0 amide bonds. The normalized spacial score (nSPS) is 17.8. The Balaban J connectivity index is 2.27. The monoisotopic (exact) mass is 316 g/mol. The van der Waals surface area contributed by atoms with E-state index in [4.69, 9.17) is 6.42 Å². The highest BCUT2D eigenvalue weighted by Gasteiger charge is 2.38. The van der Waals surface area contributed by atoms with Crippen LogP contribution in [0.25, 0.3) is 11.1 Å². The summed E-state index contributed by atoms with van der Waals surface area (Å²) in [5.41, 5.74) is 8.59. The maximum Gasteiger partial charge on any atom is 0.0340 e. The van der Waals surface area contributed by atoms with E-state index in [1.807, 2.05) is 0 Å². The van der Waals surface area contributed by atoms with E-state index in [1.54, 1.807) is 0 Å². The van der Waals surface area contributed by atoms with Crippen molar-refractivity contribution in [2.24, 2.45) is 0 Å². The smallest absolute Gasteiger partial charge is 0.0340 e. The molecule has 0 atom stereocenters. The summed E-state index contributed by atoms with van der Waals surface area (Å²) in [6.45, 7) is 11.6. The van der Waals surface area contributed by atoms with Gasteiger partial charge in [-0.2, -0.15) is 0 Å². The Kier molecular flexibility index (Phi) is 4.08. The largest absolute Gasteiger partial charge is 0.120 e. The van der Waals surface area contributed by atoms with Gasteiger partial charge in [0.25, 0.3) is 0 Å². The molecule has 0 aliphatic heterocycles. The number of aryl methyl sites for hydroxylation is 1. The number of hydrogen-bond acceptors (Lipinski definition) is 0. The van der Waals surface area contributed by atoms with Crippen LogP contribution in [0.4, 0.5) is 0 Å². The molecule has 2 aromatic carbocycles. The van der Waals surface area contributed by atoms with Crippen molar-refractivity contribution in [2.45, 2.75) is 64.7 Å². The Morgan fingerprint density at radius 3 is 2.17 bits per heavy atom. The van der Waals surface area contributed by atoms with E-state index >= 15 is 0 Å². The van der Waals surface area contributed by atoms with E-state index < -0.39 is 0 Å². The second-order valence-electron chi connectivity index (χ2n) is 8.57. The first-order valence-corrected chi connectivity index (χ1v) is 8.93. The van der Waals surface area contributed by atoms with Gasteiger partial charge >= 0.3 is 0 Å². The van der Waals surface area contributed by atoms with Gasteiger partial charge < -0.3 is 0 Å². The Morgan fingerprint density at radius 2 is 1.54 bits per heavy atom. The molecule has 0 radical (unpaired) electrons. The third kappa shape index (κ3) is 2.89. The molecule has 0 aromatic heterocycles. The van der Waals surface area contributed by atoms with E-state index in [0.29, 0.717) is 6.42 Å². The molecule has 0 unspecified atom stereocenters. The van der Waals surface area contributed by atoms with Crippen LogP contribution in [0.2, 0.25) is 0 Å². The first-order valence-electron chi connectivity index (χ1n) is 8.93. The van der Waals surface area contributed by atoms with Crippen LogP contribution < -0.4 is 0 Å². The lowest BCUT2D eigenvalue weighted by atomic mass is 9.61. The number of benzene rings is 2. The highest BCUT2D eigenvalue weighted by molar-refractivity contribution is 5.68. The molecule has 0 saturated carbocycles. The Labute approximate surface area is 147 Å². The average molecular weight is 316 g/mol. The molecular formula is C24H28. The molecule has 0 bridgehead atoms. The predicted octanol–water partition coefficient (Wildman–Crippen LogP) is 6.19. The van der Waals surface area contributed by atoms with Crippen molar-refractivity contribution in [2.75, 3.05) is 0 Å². The molecular weight excluding hydrogens is 288 g/mol. The first kappa shape index (κ1) is 16.8. The van der Waals surface area contributed by atoms with Gasteiger partial charge in [-0.25, -0.2) is 0 Å². The topological polar surface area (TPSA) is 0 Å². The molecule has 3 rings (SSSR count). The van der Waals surface area contributed by atoms with E-state index in [2.05, 4.69) is 76.9 Å². The zero-order chi connectivity index (χ0) is 17.5. The molecule has 24 heavy (non-hydrogen) atoms. The molecule has 0 fully saturated rings. The molecule has 1 aliphatic carbocycles. The third-order valence-corrected chi connectivity index (χ3v) is 5.68. The van der Waals surface area contributed by atoms with Crippen molar-refractivity contribution < 1.29 is 0 Å². The van der Waals surface area contributed by atoms with Crippen molar-refractivity contribution in [3.63, 3.8) is 0 Å². The minimum Gasteiger partial charge on any atom is -0.120 e. The minimum absolute atomic E-state index is 0.197. The molecule has 124 valence electrons. The highest BCUT2D eigenvalue weighted by Crippen LogP contribution is 2.48. The van der Waals surface area contributed by atoms with E-state index in [1.165, 1.54) is 46.2 Å². The van der Waals surface area contributed by atoms with Gasteiger partial charge in [0.1, 0.15) is 0 Å². The van der Waals surface area contributed by atoms with E-state index in [-0.39, 0.29) is 10.8 Å². The molecule has 0 spiro atoms.